The number of anilines is 1. The Morgan fingerprint density at radius 1 is 1.27 bits per heavy atom. The molecule has 0 aromatic heterocycles. The molecule has 0 bridgehead atoms. The number of benzene rings is 1. The van der Waals surface area contributed by atoms with Gasteiger partial charge in [-0.25, -0.2) is 4.79 Å². The first kappa shape index (κ1) is 17.6. The minimum absolute atomic E-state index is 0.0403. The number of Topliss-reactive ketones (excluding diaryl/α,β-unsaturated/α-hetero) is 1. The molecule has 0 amide bonds. The molecule has 1 aromatic rings. The van der Waals surface area contributed by atoms with Crippen LogP contribution in [0, 0.1) is 0 Å². The van der Waals surface area contributed by atoms with Crippen LogP contribution in [0.2, 0.25) is 0 Å². The third-order valence-corrected chi connectivity index (χ3v) is 2.40. The predicted octanol–water partition coefficient (Wildman–Crippen LogP) is 1.86. The van der Waals surface area contributed by atoms with Crippen molar-refractivity contribution in [2.24, 2.45) is 5.10 Å². The molecule has 0 atom stereocenters. The van der Waals surface area contributed by atoms with E-state index in [2.05, 4.69) is 20.0 Å². The second-order valence-electron chi connectivity index (χ2n) is 4.00. The van der Waals surface area contributed by atoms with E-state index in [1.54, 1.807) is 0 Å². The molecule has 120 valence electrons. The zero-order valence-electron chi connectivity index (χ0n) is 11.7. The summed E-state index contributed by atoms with van der Waals surface area (Å²) in [5.74, 6) is -1.80. The number of nitrogens with zero attached hydrogens (tertiary/aromatic N) is 1. The minimum atomic E-state index is -4.52. The van der Waals surface area contributed by atoms with Crippen LogP contribution in [0.25, 0.3) is 0 Å². The average molecular weight is 318 g/mol. The molecule has 1 aromatic carbocycles. The van der Waals surface area contributed by atoms with Crippen LogP contribution in [0.4, 0.5) is 18.9 Å². The van der Waals surface area contributed by atoms with Gasteiger partial charge in [0.15, 0.2) is 0 Å². The second-order valence-corrected chi connectivity index (χ2v) is 4.00. The fraction of sp³-hybridized carbons (Fsp3) is 0.308. The van der Waals surface area contributed by atoms with Gasteiger partial charge >= 0.3 is 12.1 Å². The molecule has 22 heavy (non-hydrogen) atoms. The lowest BCUT2D eigenvalue weighted by molar-refractivity contribution is -0.137. The number of nitrogens with one attached hydrogen (secondary N) is 1. The fourth-order valence-corrected chi connectivity index (χ4v) is 1.40. The summed E-state index contributed by atoms with van der Waals surface area (Å²) < 4.78 is 46.7. The van der Waals surface area contributed by atoms with Crippen LogP contribution >= 0.6 is 0 Å². The maximum absolute atomic E-state index is 12.6. The normalized spacial score (nSPS) is 12.0. The zero-order chi connectivity index (χ0) is 16.8. The number of alkyl halides is 3. The molecule has 1 N–H and O–H groups in total. The van der Waals surface area contributed by atoms with Crippen molar-refractivity contribution in [3.63, 3.8) is 0 Å². The minimum Gasteiger partial charge on any atom is -0.464 e. The predicted molar refractivity (Wildman–Crippen MR) is 71.4 cm³/mol. The van der Waals surface area contributed by atoms with Crippen molar-refractivity contribution in [3.8, 4) is 0 Å². The number of ketones is 1. The molecule has 0 saturated carbocycles. The molecule has 0 aliphatic heterocycles. The Morgan fingerprint density at radius 3 is 2.50 bits per heavy atom. The summed E-state index contributed by atoms with van der Waals surface area (Å²) in [7, 11) is 2.29. The quantitative estimate of drug-likeness (QED) is 0.375. The van der Waals surface area contributed by atoms with Crippen LogP contribution in [-0.2, 0) is 25.2 Å². The first-order valence-electron chi connectivity index (χ1n) is 5.91. The van der Waals surface area contributed by atoms with Crippen molar-refractivity contribution in [2.45, 2.75) is 6.18 Å². The van der Waals surface area contributed by atoms with Gasteiger partial charge in [0.1, 0.15) is 6.61 Å². The topological polar surface area (TPSA) is 77.0 Å². The van der Waals surface area contributed by atoms with Gasteiger partial charge in [-0.3, -0.25) is 10.2 Å². The molecule has 1 rings (SSSR count). The number of esters is 1. The van der Waals surface area contributed by atoms with E-state index in [1.807, 2.05) is 0 Å². The molecule has 0 aliphatic rings. The van der Waals surface area contributed by atoms with E-state index in [9.17, 15) is 22.8 Å². The van der Waals surface area contributed by atoms with Crippen molar-refractivity contribution in [1.82, 2.24) is 0 Å². The van der Waals surface area contributed by atoms with E-state index in [1.165, 1.54) is 13.2 Å². The molecule has 6 nitrogen and oxygen atoms in total. The molecule has 0 heterocycles. The summed E-state index contributed by atoms with van der Waals surface area (Å²) in [6.07, 6.45) is -4.52. The molecular formula is C13H13F3N2O4. The van der Waals surface area contributed by atoms with E-state index in [-0.39, 0.29) is 5.69 Å². The molecule has 0 spiro atoms. The lowest BCUT2D eigenvalue weighted by Crippen LogP contribution is -2.29. The van der Waals surface area contributed by atoms with Crippen LogP contribution in [-0.4, -0.2) is 38.3 Å². The van der Waals surface area contributed by atoms with Gasteiger partial charge in [0.05, 0.1) is 18.4 Å². The van der Waals surface area contributed by atoms with Gasteiger partial charge in [0.2, 0.25) is 11.5 Å². The molecule has 0 saturated heterocycles. The SMILES string of the molecule is COCC(=O)C(=NNc1cccc(C(F)(F)F)c1)C(=O)OC. The third kappa shape index (κ3) is 4.85. The number of hydrogen-bond donors (Lipinski definition) is 1. The number of rotatable bonds is 6. The van der Waals surface area contributed by atoms with Crippen molar-refractivity contribution in [2.75, 3.05) is 26.3 Å². The summed E-state index contributed by atoms with van der Waals surface area (Å²) in [6.45, 7) is -0.418. The number of methoxy groups -OCH3 is 2. The van der Waals surface area contributed by atoms with E-state index >= 15 is 0 Å². The highest BCUT2D eigenvalue weighted by Gasteiger charge is 2.30. The highest BCUT2D eigenvalue weighted by molar-refractivity contribution is 6.64. The first-order chi connectivity index (χ1) is 10.3. The van der Waals surface area contributed by atoms with Gasteiger partial charge in [-0.2, -0.15) is 18.3 Å². The summed E-state index contributed by atoms with van der Waals surface area (Å²) in [5, 5.41) is 3.50. The van der Waals surface area contributed by atoms with Gasteiger partial charge in [-0.05, 0) is 18.2 Å². The van der Waals surface area contributed by atoms with E-state index < -0.39 is 35.8 Å². The highest BCUT2D eigenvalue weighted by atomic mass is 19.4. The fourth-order valence-electron chi connectivity index (χ4n) is 1.40. The maximum atomic E-state index is 12.6. The smallest absolute Gasteiger partial charge is 0.416 e. The standard InChI is InChI=1S/C13H13F3N2O4/c1-21-7-10(19)11(12(20)22-2)18-17-9-5-3-4-8(6-9)13(14,15)16/h3-6,17H,7H2,1-2H3. The first-order valence-corrected chi connectivity index (χ1v) is 5.91. The van der Waals surface area contributed by atoms with Crippen LogP contribution in [0.5, 0.6) is 0 Å². The van der Waals surface area contributed by atoms with Crippen LogP contribution in [0.3, 0.4) is 0 Å². The lowest BCUT2D eigenvalue weighted by atomic mass is 10.2. The van der Waals surface area contributed by atoms with Crippen molar-refractivity contribution in [1.29, 1.82) is 0 Å². The van der Waals surface area contributed by atoms with Crippen molar-refractivity contribution in [3.05, 3.63) is 29.8 Å². The number of halogens is 3. The van der Waals surface area contributed by atoms with Gasteiger partial charge in [0.25, 0.3) is 0 Å². The summed E-state index contributed by atoms with van der Waals surface area (Å²) in [5.41, 5.74) is 0.680. The van der Waals surface area contributed by atoms with Crippen LogP contribution < -0.4 is 5.43 Å². The summed E-state index contributed by atoms with van der Waals surface area (Å²) in [6, 6.07) is 4.13. The Hall–Kier alpha value is -2.42. The molecular weight excluding hydrogens is 305 g/mol. The van der Waals surface area contributed by atoms with Gasteiger partial charge in [-0.1, -0.05) is 6.07 Å². The Kier molecular flexibility index (Phi) is 6.05. The molecule has 9 heteroatoms. The van der Waals surface area contributed by atoms with Crippen molar-refractivity contribution >= 4 is 23.2 Å². The van der Waals surface area contributed by atoms with E-state index in [0.717, 1.165) is 25.3 Å². The molecule has 0 radical (unpaired) electrons. The second kappa shape index (κ2) is 7.55. The van der Waals surface area contributed by atoms with E-state index in [0.29, 0.717) is 0 Å². The van der Waals surface area contributed by atoms with Crippen LogP contribution in [0.1, 0.15) is 5.56 Å². The number of ether oxygens (including phenoxy) is 2. The molecule has 0 fully saturated rings. The number of carbonyl (C=O) groups excluding carboxylic acids is 2. The Morgan fingerprint density at radius 2 is 1.95 bits per heavy atom. The average Bonchev–Trinajstić information content (AvgIpc) is 2.47. The summed E-state index contributed by atoms with van der Waals surface area (Å²) >= 11 is 0. The zero-order valence-corrected chi connectivity index (χ0v) is 11.7. The van der Waals surface area contributed by atoms with Gasteiger partial charge < -0.3 is 9.47 Å². The highest BCUT2D eigenvalue weighted by Crippen LogP contribution is 2.30. The monoisotopic (exact) mass is 318 g/mol. The maximum Gasteiger partial charge on any atom is 0.416 e. The number of hydrazone groups is 1. The molecule has 0 aliphatic carbocycles. The number of carbonyl (C=O) groups is 2. The number of hydrogen-bond acceptors (Lipinski definition) is 6. The van der Waals surface area contributed by atoms with Gasteiger partial charge in [-0.15, -0.1) is 0 Å². The Balaban J connectivity index is 3.00. The largest absolute Gasteiger partial charge is 0.464 e. The Bertz CT molecular complexity index is 585. The van der Waals surface area contributed by atoms with Gasteiger partial charge in [0, 0.05) is 7.11 Å². The van der Waals surface area contributed by atoms with E-state index in [4.69, 9.17) is 0 Å². The lowest BCUT2D eigenvalue weighted by Gasteiger charge is -2.09. The Labute approximate surface area is 123 Å². The summed E-state index contributed by atoms with van der Waals surface area (Å²) in [4.78, 5) is 23.0. The third-order valence-electron chi connectivity index (χ3n) is 2.40. The van der Waals surface area contributed by atoms with Crippen LogP contribution in [0.15, 0.2) is 29.4 Å². The molecule has 0 unspecified atom stereocenters. The van der Waals surface area contributed by atoms with Crippen molar-refractivity contribution < 1.29 is 32.2 Å².